The van der Waals surface area contributed by atoms with Gasteiger partial charge in [0.25, 0.3) is 0 Å². The van der Waals surface area contributed by atoms with Crippen molar-refractivity contribution in [1.29, 1.82) is 0 Å². The van der Waals surface area contributed by atoms with Gasteiger partial charge in [-0.05, 0) is 56.3 Å². The lowest BCUT2D eigenvalue weighted by molar-refractivity contribution is -0.133. The van der Waals surface area contributed by atoms with Gasteiger partial charge in [0, 0.05) is 6.04 Å². The highest BCUT2D eigenvalue weighted by atomic mass is 16.2. The van der Waals surface area contributed by atoms with Crippen molar-refractivity contribution in [3.05, 3.63) is 0 Å². The molecule has 4 fully saturated rings. The molecule has 0 bridgehead atoms. The van der Waals surface area contributed by atoms with Crippen LogP contribution in [-0.2, 0) is 4.79 Å². The standard InChI is InChI=1S/C17H28N2O/c1-16(2)8-7-13(11-16)19-14(12-5-3-4-6-12)18-17(9-10-17)15(19)20/h12-14,18H,3-11H2,1-2H3. The van der Waals surface area contributed by atoms with Gasteiger partial charge < -0.3 is 4.90 Å². The minimum atomic E-state index is -0.125. The molecular formula is C17H28N2O. The van der Waals surface area contributed by atoms with Gasteiger partial charge in [0.15, 0.2) is 0 Å². The van der Waals surface area contributed by atoms with Crippen LogP contribution in [0, 0.1) is 11.3 Å². The molecule has 2 unspecified atom stereocenters. The van der Waals surface area contributed by atoms with Crippen molar-refractivity contribution >= 4 is 5.91 Å². The predicted octanol–water partition coefficient (Wildman–Crippen LogP) is 3.05. The second-order valence-corrected chi connectivity index (χ2v) is 8.49. The maximum absolute atomic E-state index is 12.9. The number of hydrogen-bond donors (Lipinski definition) is 1. The topological polar surface area (TPSA) is 32.3 Å². The molecule has 4 rings (SSSR count). The molecule has 3 heteroatoms. The minimum absolute atomic E-state index is 0.125. The molecule has 1 aliphatic heterocycles. The number of rotatable bonds is 2. The van der Waals surface area contributed by atoms with Gasteiger partial charge in [-0.25, -0.2) is 0 Å². The predicted molar refractivity (Wildman–Crippen MR) is 79.1 cm³/mol. The van der Waals surface area contributed by atoms with Crippen LogP contribution >= 0.6 is 0 Å². The van der Waals surface area contributed by atoms with Crippen LogP contribution < -0.4 is 5.32 Å². The molecule has 1 saturated heterocycles. The summed E-state index contributed by atoms with van der Waals surface area (Å²) in [5.74, 6) is 1.15. The Morgan fingerprint density at radius 1 is 1.10 bits per heavy atom. The van der Waals surface area contributed by atoms with Gasteiger partial charge in [0.2, 0.25) is 5.91 Å². The van der Waals surface area contributed by atoms with E-state index in [4.69, 9.17) is 0 Å². The molecule has 3 aliphatic carbocycles. The van der Waals surface area contributed by atoms with E-state index in [9.17, 15) is 4.79 Å². The molecule has 0 aromatic heterocycles. The molecule has 0 aromatic rings. The molecule has 1 spiro atoms. The molecule has 2 atom stereocenters. The number of amides is 1. The number of carbonyl (C=O) groups excluding carboxylic acids is 1. The average molecular weight is 276 g/mol. The Balaban J connectivity index is 1.58. The molecule has 4 aliphatic rings. The van der Waals surface area contributed by atoms with Crippen LogP contribution in [0.25, 0.3) is 0 Å². The highest BCUT2D eigenvalue weighted by Gasteiger charge is 2.62. The second-order valence-electron chi connectivity index (χ2n) is 8.49. The fourth-order valence-electron chi connectivity index (χ4n) is 4.92. The summed E-state index contributed by atoms with van der Waals surface area (Å²) < 4.78 is 0. The number of nitrogens with zero attached hydrogens (tertiary/aromatic N) is 1. The molecule has 3 nitrogen and oxygen atoms in total. The quantitative estimate of drug-likeness (QED) is 0.841. The van der Waals surface area contributed by atoms with Gasteiger partial charge in [0.1, 0.15) is 0 Å². The number of nitrogens with one attached hydrogen (secondary N) is 1. The summed E-state index contributed by atoms with van der Waals surface area (Å²) in [6.45, 7) is 4.72. The molecule has 0 radical (unpaired) electrons. The lowest BCUT2D eigenvalue weighted by Crippen LogP contribution is -2.47. The zero-order valence-corrected chi connectivity index (χ0v) is 13.0. The lowest BCUT2D eigenvalue weighted by Gasteiger charge is -2.34. The minimum Gasteiger partial charge on any atom is -0.322 e. The maximum Gasteiger partial charge on any atom is 0.244 e. The molecular weight excluding hydrogens is 248 g/mol. The van der Waals surface area contributed by atoms with Crippen molar-refractivity contribution in [2.24, 2.45) is 11.3 Å². The maximum atomic E-state index is 12.9. The van der Waals surface area contributed by atoms with Gasteiger partial charge in [-0.15, -0.1) is 0 Å². The zero-order chi connectivity index (χ0) is 14.0. The highest BCUT2D eigenvalue weighted by molar-refractivity contribution is 5.92. The van der Waals surface area contributed by atoms with E-state index in [2.05, 4.69) is 24.1 Å². The molecule has 1 heterocycles. The molecule has 1 amide bonds. The first kappa shape index (κ1) is 13.1. The van der Waals surface area contributed by atoms with E-state index in [0.29, 0.717) is 29.4 Å². The first-order valence-corrected chi connectivity index (χ1v) is 8.61. The highest BCUT2D eigenvalue weighted by Crippen LogP contribution is 2.49. The van der Waals surface area contributed by atoms with E-state index in [1.54, 1.807) is 0 Å². The van der Waals surface area contributed by atoms with Gasteiger partial charge >= 0.3 is 0 Å². The van der Waals surface area contributed by atoms with Crippen molar-refractivity contribution in [1.82, 2.24) is 10.2 Å². The largest absolute Gasteiger partial charge is 0.322 e. The third-order valence-corrected chi connectivity index (χ3v) is 6.30. The first-order chi connectivity index (χ1) is 9.51. The molecule has 1 N–H and O–H groups in total. The van der Waals surface area contributed by atoms with Crippen molar-refractivity contribution in [3.8, 4) is 0 Å². The summed E-state index contributed by atoms with van der Waals surface area (Å²) in [6, 6.07) is 0.496. The van der Waals surface area contributed by atoms with E-state index in [-0.39, 0.29) is 5.54 Å². The van der Waals surface area contributed by atoms with Crippen molar-refractivity contribution in [2.45, 2.75) is 89.4 Å². The normalized spacial score (nSPS) is 39.1. The monoisotopic (exact) mass is 276 g/mol. The van der Waals surface area contributed by atoms with Crippen LogP contribution in [-0.4, -0.2) is 28.6 Å². The van der Waals surface area contributed by atoms with Crippen molar-refractivity contribution in [3.63, 3.8) is 0 Å². The Hall–Kier alpha value is -0.570. The van der Waals surface area contributed by atoms with Crippen LogP contribution in [0.3, 0.4) is 0 Å². The fourth-order valence-corrected chi connectivity index (χ4v) is 4.92. The summed E-state index contributed by atoms with van der Waals surface area (Å²) in [4.78, 5) is 15.2. The Morgan fingerprint density at radius 2 is 1.80 bits per heavy atom. The Bertz CT molecular complexity index is 421. The smallest absolute Gasteiger partial charge is 0.244 e. The van der Waals surface area contributed by atoms with Crippen molar-refractivity contribution < 1.29 is 4.79 Å². The Morgan fingerprint density at radius 3 is 2.35 bits per heavy atom. The summed E-state index contributed by atoms with van der Waals surface area (Å²) in [5, 5.41) is 3.76. The van der Waals surface area contributed by atoms with Crippen molar-refractivity contribution in [2.75, 3.05) is 0 Å². The first-order valence-electron chi connectivity index (χ1n) is 8.61. The number of hydrogen-bond acceptors (Lipinski definition) is 2. The van der Waals surface area contributed by atoms with Crippen LogP contribution in [0.4, 0.5) is 0 Å². The van der Waals surface area contributed by atoms with E-state index in [0.717, 1.165) is 12.8 Å². The van der Waals surface area contributed by atoms with Crippen LogP contribution in [0.15, 0.2) is 0 Å². The van der Waals surface area contributed by atoms with Gasteiger partial charge in [-0.3, -0.25) is 10.1 Å². The van der Waals surface area contributed by atoms with E-state index in [1.807, 2.05) is 0 Å². The van der Waals surface area contributed by atoms with E-state index in [1.165, 1.54) is 44.9 Å². The Labute approximate surface area is 122 Å². The van der Waals surface area contributed by atoms with Gasteiger partial charge in [-0.1, -0.05) is 26.7 Å². The third kappa shape index (κ3) is 1.93. The van der Waals surface area contributed by atoms with Gasteiger partial charge in [0.05, 0.1) is 11.7 Å². The molecule has 0 aromatic carbocycles. The zero-order valence-electron chi connectivity index (χ0n) is 13.0. The molecule has 3 saturated carbocycles. The summed E-state index contributed by atoms with van der Waals surface area (Å²) in [5.41, 5.74) is 0.296. The van der Waals surface area contributed by atoms with E-state index < -0.39 is 0 Å². The van der Waals surface area contributed by atoms with Crippen LogP contribution in [0.5, 0.6) is 0 Å². The van der Waals surface area contributed by atoms with Crippen LogP contribution in [0.1, 0.15) is 71.6 Å². The SMILES string of the molecule is CC1(C)CCC(N2C(=O)C3(CC3)NC2C2CCCC2)C1. The number of carbonyl (C=O) groups is 1. The fraction of sp³-hybridized carbons (Fsp3) is 0.941. The summed E-state index contributed by atoms with van der Waals surface area (Å²) in [7, 11) is 0. The van der Waals surface area contributed by atoms with Gasteiger partial charge in [-0.2, -0.15) is 0 Å². The molecule has 20 heavy (non-hydrogen) atoms. The lowest BCUT2D eigenvalue weighted by atomic mass is 9.91. The second kappa shape index (κ2) is 4.22. The average Bonchev–Trinajstić information content (AvgIpc) is 2.75. The van der Waals surface area contributed by atoms with E-state index >= 15 is 0 Å². The summed E-state index contributed by atoms with van der Waals surface area (Å²) >= 11 is 0. The Kier molecular flexibility index (Phi) is 2.77. The third-order valence-electron chi connectivity index (χ3n) is 6.30. The molecule has 112 valence electrons. The summed E-state index contributed by atoms with van der Waals surface area (Å²) in [6.07, 6.45) is 11.5. The van der Waals surface area contributed by atoms with Crippen LogP contribution in [0.2, 0.25) is 0 Å².